The Morgan fingerprint density at radius 2 is 1.38 bits per heavy atom. The van der Waals surface area contributed by atoms with Gasteiger partial charge in [0.25, 0.3) is 0 Å². The van der Waals surface area contributed by atoms with E-state index in [0.717, 1.165) is 45.8 Å². The third kappa shape index (κ3) is 4.34. The largest absolute Gasteiger partial charge is 0.416 e. The van der Waals surface area contributed by atoms with Crippen molar-refractivity contribution in [3.63, 3.8) is 0 Å². The van der Waals surface area contributed by atoms with E-state index < -0.39 is 23.5 Å². The van der Waals surface area contributed by atoms with Gasteiger partial charge >= 0.3 is 12.4 Å². The van der Waals surface area contributed by atoms with Gasteiger partial charge in [0.05, 0.1) is 22.5 Å². The van der Waals surface area contributed by atoms with Crippen LogP contribution in [0.5, 0.6) is 0 Å². The van der Waals surface area contributed by atoms with Crippen molar-refractivity contribution < 1.29 is 26.3 Å². The van der Waals surface area contributed by atoms with E-state index in [-0.39, 0.29) is 17.2 Å². The van der Waals surface area contributed by atoms with Crippen LogP contribution in [0.3, 0.4) is 0 Å². The van der Waals surface area contributed by atoms with Gasteiger partial charge in [-0.25, -0.2) is 0 Å². The van der Waals surface area contributed by atoms with E-state index in [4.69, 9.17) is 0 Å². The van der Waals surface area contributed by atoms with Gasteiger partial charge in [-0.3, -0.25) is 4.99 Å². The van der Waals surface area contributed by atoms with Crippen molar-refractivity contribution in [2.45, 2.75) is 66.7 Å². The van der Waals surface area contributed by atoms with E-state index in [1.807, 2.05) is 39.2 Å². The van der Waals surface area contributed by atoms with E-state index in [0.29, 0.717) is 24.2 Å². The molecule has 1 aliphatic rings. The maximum Gasteiger partial charge on any atom is 0.416 e. The van der Waals surface area contributed by atoms with Gasteiger partial charge in [-0.2, -0.15) is 26.3 Å². The number of halogens is 6. The van der Waals surface area contributed by atoms with Crippen molar-refractivity contribution in [1.82, 2.24) is 4.57 Å². The van der Waals surface area contributed by atoms with Gasteiger partial charge in [-0.1, -0.05) is 13.8 Å². The predicted octanol–water partition coefficient (Wildman–Crippen LogP) is 8.20. The Morgan fingerprint density at radius 1 is 0.853 bits per heavy atom. The smallest absolute Gasteiger partial charge is 0.347 e. The zero-order chi connectivity index (χ0) is 25.7. The van der Waals surface area contributed by atoms with E-state index in [1.54, 1.807) is 14.0 Å². The molecule has 0 amide bonds. The molecule has 0 atom stereocenters. The lowest BCUT2D eigenvalue weighted by atomic mass is 9.91. The Labute approximate surface area is 195 Å². The number of hydrogen-bond acceptors (Lipinski definition) is 1. The average Bonchev–Trinajstić information content (AvgIpc) is 3.13. The van der Waals surface area contributed by atoms with Gasteiger partial charge in [0.15, 0.2) is 0 Å². The minimum Gasteiger partial charge on any atom is -0.347 e. The Balaban J connectivity index is 2.54. The molecule has 1 aliphatic heterocycles. The Bertz CT molecular complexity index is 1200. The summed E-state index contributed by atoms with van der Waals surface area (Å²) in [5, 5.41) is 0. The SMILES string of the molecule is CCC1=C(C)/C(=C(\c2cc(C(F)(F)F)cc(C(F)(F)F)c2)c2c(C)c(CC)c(C)n2C)N=C1C. The van der Waals surface area contributed by atoms with Crippen LogP contribution in [-0.4, -0.2) is 10.3 Å². The van der Waals surface area contributed by atoms with E-state index in [1.165, 1.54) is 0 Å². The van der Waals surface area contributed by atoms with Gasteiger partial charge in [0.2, 0.25) is 0 Å². The van der Waals surface area contributed by atoms with Gasteiger partial charge in [-0.15, -0.1) is 0 Å². The molecule has 0 unspecified atom stereocenters. The second-order valence-electron chi connectivity index (χ2n) is 8.62. The summed E-state index contributed by atoms with van der Waals surface area (Å²) in [5.74, 6) is 0. The van der Waals surface area contributed by atoms with Gasteiger partial charge in [0, 0.05) is 24.0 Å². The molecule has 1 aromatic carbocycles. The second-order valence-corrected chi connectivity index (χ2v) is 8.62. The lowest BCUT2D eigenvalue weighted by Gasteiger charge is -2.19. The number of hydrogen-bond donors (Lipinski definition) is 0. The number of rotatable bonds is 4. The molecule has 0 N–H and O–H groups in total. The van der Waals surface area contributed by atoms with E-state index >= 15 is 0 Å². The van der Waals surface area contributed by atoms with Crippen LogP contribution in [0.4, 0.5) is 26.3 Å². The zero-order valence-corrected chi connectivity index (χ0v) is 20.3. The quantitative estimate of drug-likeness (QED) is 0.391. The van der Waals surface area contributed by atoms with Crippen molar-refractivity contribution in [1.29, 1.82) is 0 Å². The molecule has 2 heterocycles. The van der Waals surface area contributed by atoms with Gasteiger partial charge < -0.3 is 4.57 Å². The molecule has 0 spiro atoms. The number of nitrogens with zero attached hydrogens (tertiary/aromatic N) is 2. The van der Waals surface area contributed by atoms with Crippen molar-refractivity contribution >= 4 is 11.3 Å². The minimum atomic E-state index is -4.94. The first-order valence-corrected chi connectivity index (χ1v) is 11.1. The summed E-state index contributed by atoms with van der Waals surface area (Å²) in [5.41, 5.74) is 3.58. The van der Waals surface area contributed by atoms with Crippen LogP contribution in [0.25, 0.3) is 5.57 Å². The molecule has 0 saturated carbocycles. The molecule has 0 aliphatic carbocycles. The van der Waals surface area contributed by atoms with Crippen molar-refractivity contribution in [3.8, 4) is 0 Å². The second kappa shape index (κ2) is 8.78. The highest BCUT2D eigenvalue weighted by molar-refractivity contribution is 6.05. The van der Waals surface area contributed by atoms with Crippen LogP contribution in [0.1, 0.15) is 73.3 Å². The molecule has 34 heavy (non-hydrogen) atoms. The summed E-state index contributed by atoms with van der Waals surface area (Å²) < 4.78 is 84.0. The maximum absolute atomic E-state index is 13.7. The van der Waals surface area contributed by atoms with Crippen LogP contribution in [-0.2, 0) is 25.8 Å². The highest BCUT2D eigenvalue weighted by atomic mass is 19.4. The lowest BCUT2D eigenvalue weighted by Crippen LogP contribution is -2.13. The summed E-state index contributed by atoms with van der Waals surface area (Å²) in [6.07, 6.45) is -8.54. The Kier molecular flexibility index (Phi) is 6.68. The molecule has 0 bridgehead atoms. The predicted molar refractivity (Wildman–Crippen MR) is 123 cm³/mol. The summed E-state index contributed by atoms with van der Waals surface area (Å²) in [4.78, 5) is 4.65. The standard InChI is InChI=1S/C26H28F6N2/c1-8-20-13(3)23(33-15(20)5)22(24-14(4)21(9-2)16(6)34(24)7)17-10-18(25(27,28)29)12-19(11-17)26(30,31)32/h10-12H,8-9H2,1-7H3/b23-22-. The molecule has 3 rings (SSSR count). The molecule has 1 aromatic heterocycles. The van der Waals surface area contributed by atoms with Crippen molar-refractivity contribution in [2.24, 2.45) is 12.0 Å². The molecular formula is C26H28F6N2. The maximum atomic E-state index is 13.7. The summed E-state index contributed by atoms with van der Waals surface area (Å²) in [6.45, 7) is 11.3. The first-order chi connectivity index (χ1) is 15.6. The Hall–Kier alpha value is -2.77. The first kappa shape index (κ1) is 25.8. The first-order valence-electron chi connectivity index (χ1n) is 11.1. The summed E-state index contributed by atoms with van der Waals surface area (Å²) >= 11 is 0. The number of aromatic nitrogens is 1. The molecule has 0 fully saturated rings. The molecule has 184 valence electrons. The van der Waals surface area contributed by atoms with Crippen LogP contribution in [0.15, 0.2) is 40.0 Å². The number of benzene rings is 1. The topological polar surface area (TPSA) is 17.3 Å². The fraction of sp³-hybridized carbons (Fsp3) is 0.423. The third-order valence-corrected chi connectivity index (χ3v) is 6.66. The molecule has 0 radical (unpaired) electrons. The van der Waals surface area contributed by atoms with Gasteiger partial charge in [-0.05, 0) is 86.6 Å². The third-order valence-electron chi connectivity index (χ3n) is 6.66. The average molecular weight is 483 g/mol. The Morgan fingerprint density at radius 3 is 1.76 bits per heavy atom. The number of aliphatic imine (C=N–C) groups is 1. The van der Waals surface area contributed by atoms with Crippen LogP contribution >= 0.6 is 0 Å². The fourth-order valence-electron chi connectivity index (χ4n) is 4.89. The van der Waals surface area contributed by atoms with Crippen LogP contribution in [0, 0.1) is 13.8 Å². The van der Waals surface area contributed by atoms with Gasteiger partial charge in [0.1, 0.15) is 0 Å². The van der Waals surface area contributed by atoms with E-state index in [9.17, 15) is 26.3 Å². The summed E-state index contributed by atoms with van der Waals surface area (Å²) in [6, 6.07) is 1.76. The van der Waals surface area contributed by atoms with E-state index in [2.05, 4.69) is 4.99 Å². The molecule has 0 saturated heterocycles. The zero-order valence-electron chi connectivity index (χ0n) is 20.3. The number of alkyl halides is 6. The monoisotopic (exact) mass is 482 g/mol. The minimum absolute atomic E-state index is 0.156. The number of allylic oxidation sites excluding steroid dienone is 2. The molecule has 2 aromatic rings. The molecular weight excluding hydrogens is 454 g/mol. The highest BCUT2D eigenvalue weighted by Gasteiger charge is 2.38. The fourth-order valence-corrected chi connectivity index (χ4v) is 4.89. The van der Waals surface area contributed by atoms with Crippen LogP contribution < -0.4 is 0 Å². The lowest BCUT2D eigenvalue weighted by molar-refractivity contribution is -0.143. The normalized spacial score (nSPS) is 16.4. The molecule has 8 heteroatoms. The molecule has 2 nitrogen and oxygen atoms in total. The van der Waals surface area contributed by atoms with Crippen LogP contribution in [0.2, 0.25) is 0 Å². The van der Waals surface area contributed by atoms with Crippen molar-refractivity contribution in [2.75, 3.05) is 0 Å². The highest BCUT2D eigenvalue weighted by Crippen LogP contribution is 2.43. The summed E-state index contributed by atoms with van der Waals surface area (Å²) in [7, 11) is 1.78. The van der Waals surface area contributed by atoms with Crippen molar-refractivity contribution in [3.05, 3.63) is 74.2 Å².